The van der Waals surface area contributed by atoms with Gasteiger partial charge in [0.25, 0.3) is 0 Å². The average Bonchev–Trinajstić information content (AvgIpc) is 2.17. The molecule has 1 aliphatic rings. The van der Waals surface area contributed by atoms with Gasteiger partial charge in [-0.2, -0.15) is 0 Å². The van der Waals surface area contributed by atoms with Gasteiger partial charge in [-0.25, -0.2) is 4.99 Å². The number of rotatable bonds is 1. The van der Waals surface area contributed by atoms with E-state index in [0.717, 1.165) is 23.4 Å². The topological polar surface area (TPSA) is 12.4 Å². The molecule has 0 aromatic heterocycles. The molecule has 0 bridgehead atoms. The lowest BCUT2D eigenvalue weighted by Crippen LogP contribution is -2.39. The van der Waals surface area contributed by atoms with Crippen LogP contribution in [0.15, 0.2) is 4.99 Å². The first-order chi connectivity index (χ1) is 3.77. The molecule has 8 heavy (non-hydrogen) atoms. The summed E-state index contributed by atoms with van der Waals surface area (Å²) >= 11 is 4.18. The van der Waals surface area contributed by atoms with E-state index >= 15 is 0 Å². The van der Waals surface area contributed by atoms with Crippen LogP contribution in [-0.2, 0) is 0 Å². The maximum atomic E-state index is 4.18. The van der Waals surface area contributed by atoms with Gasteiger partial charge in [-0.3, -0.25) is 4.48 Å². The predicted molar refractivity (Wildman–Crippen MR) is 38.3 cm³/mol. The van der Waals surface area contributed by atoms with Crippen molar-refractivity contribution in [2.45, 2.75) is 0 Å². The largest absolute Gasteiger partial charge is 0.274 e. The van der Waals surface area contributed by atoms with Gasteiger partial charge >= 0.3 is 0 Å². The summed E-state index contributed by atoms with van der Waals surface area (Å²) in [6.07, 6.45) is 1.97. The maximum absolute atomic E-state index is 4.18. The Morgan fingerprint density at radius 3 is 2.88 bits per heavy atom. The van der Waals surface area contributed by atoms with Gasteiger partial charge in [-0.15, -0.1) is 12.6 Å². The van der Waals surface area contributed by atoms with Crippen molar-refractivity contribution in [3.8, 4) is 0 Å². The fraction of sp³-hybridized carbons (Fsp3) is 0.800. The molecule has 2 nitrogen and oxygen atoms in total. The summed E-state index contributed by atoms with van der Waals surface area (Å²) < 4.78 is 0.892. The molecule has 0 saturated heterocycles. The van der Waals surface area contributed by atoms with Crippen molar-refractivity contribution in [2.75, 3.05) is 26.0 Å². The first kappa shape index (κ1) is 6.11. The van der Waals surface area contributed by atoms with E-state index in [-0.39, 0.29) is 0 Å². The molecule has 0 spiro atoms. The van der Waals surface area contributed by atoms with Crippen LogP contribution in [0.1, 0.15) is 0 Å². The third-order valence-electron chi connectivity index (χ3n) is 1.42. The molecule has 0 aromatic carbocycles. The molecule has 1 unspecified atom stereocenters. The van der Waals surface area contributed by atoms with E-state index in [1.165, 1.54) is 0 Å². The van der Waals surface area contributed by atoms with Crippen LogP contribution in [0.5, 0.6) is 0 Å². The van der Waals surface area contributed by atoms with Crippen LogP contribution in [0.3, 0.4) is 0 Å². The van der Waals surface area contributed by atoms with Crippen molar-refractivity contribution in [3.63, 3.8) is 0 Å². The zero-order valence-electron chi connectivity index (χ0n) is 5.04. The highest BCUT2D eigenvalue weighted by molar-refractivity contribution is 7.80. The monoisotopic (exact) mass is 131 g/mol. The molecule has 1 rings (SSSR count). The molecule has 0 N–H and O–H groups in total. The Morgan fingerprint density at radius 1 is 1.88 bits per heavy atom. The fourth-order valence-electron chi connectivity index (χ4n) is 0.706. The second-order valence-corrected chi connectivity index (χ2v) is 2.65. The maximum Gasteiger partial charge on any atom is 0.186 e. The summed E-state index contributed by atoms with van der Waals surface area (Å²) in [5, 5.41) is 0. The van der Waals surface area contributed by atoms with Gasteiger partial charge in [-0.1, -0.05) is 0 Å². The SMILES string of the molecule is C[N+]1(CS)C=NCC1. The van der Waals surface area contributed by atoms with E-state index in [4.69, 9.17) is 0 Å². The molecule has 0 aliphatic carbocycles. The van der Waals surface area contributed by atoms with Gasteiger partial charge in [-0.05, 0) is 0 Å². The highest BCUT2D eigenvalue weighted by Gasteiger charge is 2.20. The smallest absolute Gasteiger partial charge is 0.186 e. The normalized spacial score (nSPS) is 36.2. The summed E-state index contributed by atoms with van der Waals surface area (Å²) in [6.45, 7) is 2.08. The summed E-state index contributed by atoms with van der Waals surface area (Å²) in [7, 11) is 2.13. The summed E-state index contributed by atoms with van der Waals surface area (Å²) in [4.78, 5) is 4.11. The minimum atomic E-state index is 0.865. The molecule has 0 fully saturated rings. The van der Waals surface area contributed by atoms with Crippen molar-refractivity contribution in [1.82, 2.24) is 0 Å². The second kappa shape index (κ2) is 2.07. The van der Waals surface area contributed by atoms with Gasteiger partial charge < -0.3 is 0 Å². The summed E-state index contributed by atoms with van der Waals surface area (Å²) in [5.41, 5.74) is 0. The van der Waals surface area contributed by atoms with Crippen molar-refractivity contribution in [2.24, 2.45) is 4.99 Å². The molecule has 0 saturated carbocycles. The first-order valence-electron chi connectivity index (χ1n) is 2.73. The molecule has 0 amide bonds. The van der Waals surface area contributed by atoms with Crippen molar-refractivity contribution in [1.29, 1.82) is 0 Å². The summed E-state index contributed by atoms with van der Waals surface area (Å²) in [6, 6.07) is 0. The second-order valence-electron chi connectivity index (χ2n) is 2.37. The van der Waals surface area contributed by atoms with Crippen molar-refractivity contribution in [3.05, 3.63) is 0 Å². The van der Waals surface area contributed by atoms with Gasteiger partial charge in [0.05, 0.1) is 13.6 Å². The molecule has 1 atom stereocenters. The number of hydrogen-bond donors (Lipinski definition) is 1. The molecule has 1 heterocycles. The van der Waals surface area contributed by atoms with E-state index in [1.54, 1.807) is 0 Å². The Bertz CT molecular complexity index is 113. The molecule has 0 radical (unpaired) electrons. The van der Waals surface area contributed by atoms with Crippen LogP contribution in [0.25, 0.3) is 0 Å². The standard InChI is InChI=1S/C5H10N2S/c1-7(5-8)3-2-6-4-7/h4H,2-3,5H2,1H3/p+1. The fourth-order valence-corrected chi connectivity index (χ4v) is 0.920. The van der Waals surface area contributed by atoms with Crippen LogP contribution < -0.4 is 0 Å². The molecule has 1 aliphatic heterocycles. The van der Waals surface area contributed by atoms with E-state index in [2.05, 4.69) is 24.7 Å². The lowest BCUT2D eigenvalue weighted by Gasteiger charge is -2.20. The highest BCUT2D eigenvalue weighted by atomic mass is 32.1. The minimum absolute atomic E-state index is 0.865. The van der Waals surface area contributed by atoms with Gasteiger partial charge in [0.1, 0.15) is 12.4 Å². The Labute approximate surface area is 55.2 Å². The minimum Gasteiger partial charge on any atom is -0.274 e. The number of hydrogen-bond acceptors (Lipinski definition) is 2. The van der Waals surface area contributed by atoms with Crippen LogP contribution in [0.2, 0.25) is 0 Å². The Hall–Kier alpha value is -0.0200. The third-order valence-corrected chi connectivity index (χ3v) is 2.07. The van der Waals surface area contributed by atoms with Gasteiger partial charge in [0.15, 0.2) is 6.34 Å². The van der Waals surface area contributed by atoms with Crippen molar-refractivity contribution < 1.29 is 4.48 Å². The van der Waals surface area contributed by atoms with Crippen LogP contribution in [-0.4, -0.2) is 36.8 Å². The van der Waals surface area contributed by atoms with E-state index in [9.17, 15) is 0 Å². The lowest BCUT2D eigenvalue weighted by atomic mass is 10.6. The quantitative estimate of drug-likeness (QED) is 0.390. The van der Waals surface area contributed by atoms with Gasteiger partial charge in [0.2, 0.25) is 0 Å². The Kier molecular flexibility index (Phi) is 1.58. The highest BCUT2D eigenvalue weighted by Crippen LogP contribution is 2.04. The van der Waals surface area contributed by atoms with Crippen molar-refractivity contribution >= 4 is 19.0 Å². The van der Waals surface area contributed by atoms with Crippen LogP contribution in [0.4, 0.5) is 0 Å². The number of likely N-dealkylation sites (N-methyl/N-ethyl adjacent to an activating group) is 1. The Balaban J connectivity index is 2.54. The first-order valence-corrected chi connectivity index (χ1v) is 3.36. The molecular weight excluding hydrogens is 120 g/mol. The number of aliphatic imine (C=N–C) groups is 1. The zero-order valence-corrected chi connectivity index (χ0v) is 5.93. The Morgan fingerprint density at radius 2 is 2.62 bits per heavy atom. The van der Waals surface area contributed by atoms with E-state index in [1.807, 2.05) is 6.34 Å². The molecule has 0 aromatic rings. The number of quaternary nitrogens is 1. The molecular formula is C5H11N2S+. The number of nitrogens with zero attached hydrogens (tertiary/aromatic N) is 2. The zero-order chi connectivity index (χ0) is 6.04. The third kappa shape index (κ3) is 1.03. The van der Waals surface area contributed by atoms with Crippen LogP contribution >= 0.6 is 12.6 Å². The lowest BCUT2D eigenvalue weighted by molar-refractivity contribution is -0.792. The van der Waals surface area contributed by atoms with E-state index in [0.29, 0.717) is 0 Å². The molecule has 46 valence electrons. The van der Waals surface area contributed by atoms with Crippen LogP contribution in [0, 0.1) is 0 Å². The summed E-state index contributed by atoms with van der Waals surface area (Å²) in [5.74, 6) is 0.865. The number of thiol groups is 1. The predicted octanol–water partition coefficient (Wildman–Crippen LogP) is 0.362. The average molecular weight is 131 g/mol. The van der Waals surface area contributed by atoms with E-state index < -0.39 is 0 Å². The van der Waals surface area contributed by atoms with Gasteiger partial charge in [0, 0.05) is 0 Å². The molecule has 3 heteroatoms.